The summed E-state index contributed by atoms with van der Waals surface area (Å²) < 4.78 is 47.1. The van der Waals surface area contributed by atoms with Crippen LogP contribution in [0.15, 0.2) is 73.4 Å². The van der Waals surface area contributed by atoms with Crippen molar-refractivity contribution in [1.29, 1.82) is 0 Å². The van der Waals surface area contributed by atoms with Crippen LogP contribution in [0.1, 0.15) is 24.5 Å². The smallest absolute Gasteiger partial charge is 0.416 e. The number of amides is 2. The number of nitrogens with one attached hydrogen (secondary N) is 3. The zero-order valence-electron chi connectivity index (χ0n) is 22.4. The van der Waals surface area contributed by atoms with Crippen LogP contribution in [-0.2, 0) is 6.18 Å². The van der Waals surface area contributed by atoms with E-state index in [-0.39, 0.29) is 23.1 Å². The summed E-state index contributed by atoms with van der Waals surface area (Å²) in [5, 5.41) is 13.2. The molecule has 0 fully saturated rings. The molecule has 3 aromatic heterocycles. The van der Waals surface area contributed by atoms with Crippen molar-refractivity contribution in [3.8, 4) is 27.9 Å². The molecule has 216 valence electrons. The number of ether oxygens (including phenoxy) is 1. The molecular formula is C28H25F3N8O2S. The Bertz CT molecular complexity index is 1670. The van der Waals surface area contributed by atoms with E-state index in [9.17, 15) is 18.0 Å². The van der Waals surface area contributed by atoms with E-state index in [4.69, 9.17) is 4.74 Å². The van der Waals surface area contributed by atoms with Crippen molar-refractivity contribution in [2.45, 2.75) is 26.4 Å². The second-order valence-corrected chi connectivity index (χ2v) is 10.1. The Morgan fingerprint density at radius 1 is 1.00 bits per heavy atom. The van der Waals surface area contributed by atoms with Gasteiger partial charge in [0.2, 0.25) is 0 Å². The molecule has 3 heterocycles. The maximum atomic E-state index is 13.3. The molecule has 0 unspecified atom stereocenters. The molecule has 0 aliphatic carbocycles. The lowest BCUT2D eigenvalue weighted by Gasteiger charge is -2.15. The first kappa shape index (κ1) is 28.5. The van der Waals surface area contributed by atoms with Crippen LogP contribution < -0.4 is 20.7 Å². The Morgan fingerprint density at radius 3 is 2.43 bits per heavy atom. The Balaban J connectivity index is 1.22. The third kappa shape index (κ3) is 7.01. The van der Waals surface area contributed by atoms with Crippen LogP contribution in [0.4, 0.5) is 34.5 Å². The van der Waals surface area contributed by atoms with Crippen LogP contribution >= 0.6 is 11.3 Å². The molecule has 0 spiro atoms. The summed E-state index contributed by atoms with van der Waals surface area (Å²) in [4.78, 5) is 26.3. The summed E-state index contributed by atoms with van der Waals surface area (Å²) in [7, 11) is 0. The molecule has 0 saturated carbocycles. The molecule has 0 saturated heterocycles. The first-order valence-electron chi connectivity index (χ1n) is 12.8. The third-order valence-corrected chi connectivity index (χ3v) is 6.80. The van der Waals surface area contributed by atoms with Crippen molar-refractivity contribution in [2.75, 3.05) is 22.5 Å². The summed E-state index contributed by atoms with van der Waals surface area (Å²) in [5.41, 5.74) is 1.26. The number of aromatic nitrogens is 5. The number of hydrogen-bond acceptors (Lipinski definition) is 8. The summed E-state index contributed by atoms with van der Waals surface area (Å²) in [6, 6.07) is 9.65. The molecule has 0 aliphatic heterocycles. The van der Waals surface area contributed by atoms with Gasteiger partial charge in [-0.15, -0.1) is 0 Å². The van der Waals surface area contributed by atoms with Crippen molar-refractivity contribution >= 4 is 33.9 Å². The normalized spacial score (nSPS) is 11.3. The summed E-state index contributed by atoms with van der Waals surface area (Å²) in [6.07, 6.45) is 4.07. The molecule has 0 radical (unpaired) electrons. The quantitative estimate of drug-likeness (QED) is 0.163. The predicted molar refractivity (Wildman–Crippen MR) is 154 cm³/mol. The molecule has 5 rings (SSSR count). The Morgan fingerprint density at radius 2 is 1.76 bits per heavy atom. The predicted octanol–water partition coefficient (Wildman–Crippen LogP) is 7.37. The number of benzene rings is 2. The molecule has 10 nitrogen and oxygen atoms in total. The number of carbonyl (C=O) groups is 1. The number of alkyl halides is 3. The van der Waals surface area contributed by atoms with Crippen molar-refractivity contribution in [2.24, 2.45) is 0 Å². The average Bonchev–Trinajstić information content (AvgIpc) is 3.62. The number of nitrogens with zero attached hydrogens (tertiary/aromatic N) is 5. The third-order valence-electron chi connectivity index (χ3n) is 5.80. The van der Waals surface area contributed by atoms with Gasteiger partial charge in [-0.1, -0.05) is 18.3 Å². The van der Waals surface area contributed by atoms with Crippen LogP contribution in [-0.4, -0.2) is 37.3 Å². The Hall–Kier alpha value is -4.98. The number of carbonyl (C=O) groups excluding carboxylic acids is 1. The maximum Gasteiger partial charge on any atom is 0.416 e. The van der Waals surface area contributed by atoms with Crippen molar-refractivity contribution < 1.29 is 22.7 Å². The van der Waals surface area contributed by atoms with Gasteiger partial charge >= 0.3 is 18.2 Å². The molecule has 2 amide bonds. The van der Waals surface area contributed by atoms with Gasteiger partial charge in [-0.2, -0.15) is 18.3 Å². The fourth-order valence-electron chi connectivity index (χ4n) is 3.79. The van der Waals surface area contributed by atoms with Gasteiger partial charge in [0.25, 0.3) is 0 Å². The fraction of sp³-hybridized carbons (Fsp3) is 0.179. The zero-order valence-corrected chi connectivity index (χ0v) is 23.3. The molecule has 14 heteroatoms. The average molecular weight is 595 g/mol. The Kier molecular flexibility index (Phi) is 8.33. The topological polar surface area (TPSA) is 119 Å². The minimum atomic E-state index is -4.59. The molecule has 3 N–H and O–H groups in total. The lowest BCUT2D eigenvalue weighted by Crippen LogP contribution is -2.21. The lowest BCUT2D eigenvalue weighted by atomic mass is 10.1. The van der Waals surface area contributed by atoms with Crippen molar-refractivity contribution in [1.82, 2.24) is 24.7 Å². The minimum absolute atomic E-state index is 0.0479. The lowest BCUT2D eigenvalue weighted by molar-refractivity contribution is -0.137. The van der Waals surface area contributed by atoms with Crippen LogP contribution in [0.25, 0.3) is 16.1 Å². The molecule has 0 bridgehead atoms. The van der Waals surface area contributed by atoms with E-state index in [2.05, 4.69) is 42.9 Å². The maximum absolute atomic E-state index is 13.3. The van der Waals surface area contributed by atoms with Gasteiger partial charge in [-0.05, 0) is 66.9 Å². The molecule has 2 aromatic carbocycles. The highest BCUT2D eigenvalue weighted by atomic mass is 32.1. The number of thiazole rings is 1. The standard InChI is InChI=1S/C28H25F3N8O2S/c1-3-10-32-27-35-15-24(42-27)18-4-7-21(8-5-18)41-26-33-13-20(14-34-26)37-25(40)38-22-11-19(28(29,30)31)6-9-23(22)39-16-17(2)12-36-39/h4-9,11-16H,3,10H2,1-2H3,(H,32,35)(H2,37,38,40). The van der Waals surface area contributed by atoms with E-state index in [1.807, 2.05) is 18.3 Å². The van der Waals surface area contributed by atoms with Crippen LogP contribution in [0.5, 0.6) is 11.8 Å². The fourth-order valence-corrected chi connectivity index (χ4v) is 4.64. The number of hydrogen-bond donors (Lipinski definition) is 3. The van der Waals surface area contributed by atoms with Crippen LogP contribution in [0, 0.1) is 6.92 Å². The second kappa shape index (κ2) is 12.3. The van der Waals surface area contributed by atoms with Gasteiger partial charge in [0.1, 0.15) is 5.75 Å². The van der Waals surface area contributed by atoms with Gasteiger partial charge in [-0.25, -0.2) is 24.4 Å². The monoisotopic (exact) mass is 594 g/mol. The van der Waals surface area contributed by atoms with E-state index in [1.54, 1.807) is 42.8 Å². The number of urea groups is 1. The van der Waals surface area contributed by atoms with E-state index in [0.29, 0.717) is 5.75 Å². The van der Waals surface area contributed by atoms with Crippen molar-refractivity contribution in [3.63, 3.8) is 0 Å². The largest absolute Gasteiger partial charge is 0.424 e. The molecule has 5 aromatic rings. The second-order valence-electron chi connectivity index (χ2n) is 9.11. The number of anilines is 3. The van der Waals surface area contributed by atoms with Crippen molar-refractivity contribution in [3.05, 3.63) is 84.6 Å². The number of aryl methyl sites for hydroxylation is 1. The van der Waals surface area contributed by atoms with E-state index < -0.39 is 17.8 Å². The first-order valence-corrected chi connectivity index (χ1v) is 13.6. The SMILES string of the molecule is CCCNc1ncc(-c2ccc(Oc3ncc(NC(=O)Nc4cc(C(F)(F)F)ccc4-n4cc(C)cn4)cn3)cc2)s1. The minimum Gasteiger partial charge on any atom is -0.424 e. The highest BCUT2D eigenvalue weighted by Crippen LogP contribution is 2.34. The summed E-state index contributed by atoms with van der Waals surface area (Å²) in [6.45, 7) is 4.75. The van der Waals surface area contributed by atoms with Gasteiger partial charge < -0.3 is 20.7 Å². The van der Waals surface area contributed by atoms with Crippen LogP contribution in [0.2, 0.25) is 0 Å². The van der Waals surface area contributed by atoms with E-state index >= 15 is 0 Å². The van der Waals surface area contributed by atoms with Gasteiger partial charge in [0.15, 0.2) is 5.13 Å². The van der Waals surface area contributed by atoms with Gasteiger partial charge in [-0.3, -0.25) is 0 Å². The highest BCUT2D eigenvalue weighted by molar-refractivity contribution is 7.18. The molecular weight excluding hydrogens is 569 g/mol. The summed E-state index contributed by atoms with van der Waals surface area (Å²) >= 11 is 1.56. The van der Waals surface area contributed by atoms with E-state index in [0.717, 1.165) is 46.2 Å². The van der Waals surface area contributed by atoms with Gasteiger partial charge in [0, 0.05) is 18.9 Å². The molecule has 42 heavy (non-hydrogen) atoms. The summed E-state index contributed by atoms with van der Waals surface area (Å²) in [5.74, 6) is 0.511. The number of halogens is 3. The zero-order chi connectivity index (χ0) is 29.7. The number of rotatable bonds is 9. The molecule has 0 aliphatic rings. The van der Waals surface area contributed by atoms with Crippen LogP contribution in [0.3, 0.4) is 0 Å². The van der Waals surface area contributed by atoms with Gasteiger partial charge in [0.05, 0.1) is 46.1 Å². The first-order chi connectivity index (χ1) is 20.2. The molecule has 0 atom stereocenters. The van der Waals surface area contributed by atoms with E-state index in [1.165, 1.54) is 23.1 Å². The highest BCUT2D eigenvalue weighted by Gasteiger charge is 2.31. The Labute approximate surface area is 242 Å².